The highest BCUT2D eigenvalue weighted by atomic mass is 79.9. The van der Waals surface area contributed by atoms with Crippen LogP contribution in [0.25, 0.3) is 0 Å². The smallest absolute Gasteiger partial charge is 0.151 e. The number of nitrogens with one attached hydrogen (secondary N) is 1. The molecule has 0 spiro atoms. The first-order chi connectivity index (χ1) is 8.88. The van der Waals surface area contributed by atoms with Gasteiger partial charge < -0.3 is 11.1 Å². The molecule has 0 saturated heterocycles. The van der Waals surface area contributed by atoms with E-state index in [0.717, 1.165) is 18.2 Å². The molecule has 0 amide bonds. The molecule has 100 valence electrons. The monoisotopic (exact) mass is 334 g/mol. The fourth-order valence-corrected chi connectivity index (χ4v) is 1.77. The van der Waals surface area contributed by atoms with Gasteiger partial charge in [-0.2, -0.15) is 0 Å². The summed E-state index contributed by atoms with van der Waals surface area (Å²) in [5.41, 5.74) is 4.54. The molecule has 0 aliphatic rings. The van der Waals surface area contributed by atoms with Crippen LogP contribution in [-0.4, -0.2) is 0 Å². The van der Waals surface area contributed by atoms with Crippen molar-refractivity contribution in [2.75, 3.05) is 11.1 Å². The lowest BCUT2D eigenvalue weighted by molar-refractivity contribution is 0.586. The molecule has 2 aromatic rings. The lowest BCUT2D eigenvalue weighted by Gasteiger charge is -2.11. The van der Waals surface area contributed by atoms with Crippen LogP contribution in [0.1, 0.15) is 0 Å². The summed E-state index contributed by atoms with van der Waals surface area (Å²) in [6.07, 6.45) is 0. The first kappa shape index (κ1) is 13.7. The average molecular weight is 335 g/mol. The molecule has 7 heteroatoms. The normalized spacial score (nSPS) is 10.6. The quantitative estimate of drug-likeness (QED) is 0.487. The summed E-state index contributed by atoms with van der Waals surface area (Å²) in [5.74, 6) is -3.38. The maximum atomic E-state index is 13.6. The molecule has 0 saturated carbocycles. The van der Waals surface area contributed by atoms with Gasteiger partial charge in [0.25, 0.3) is 0 Å². The zero-order chi connectivity index (χ0) is 14.2. The van der Waals surface area contributed by atoms with E-state index in [9.17, 15) is 17.6 Å². The van der Waals surface area contributed by atoms with E-state index in [4.69, 9.17) is 5.73 Å². The molecule has 2 rings (SSSR count). The Morgan fingerprint density at radius 1 is 0.842 bits per heavy atom. The van der Waals surface area contributed by atoms with E-state index in [2.05, 4.69) is 21.2 Å². The van der Waals surface area contributed by atoms with Gasteiger partial charge in [-0.25, -0.2) is 17.6 Å². The van der Waals surface area contributed by atoms with Gasteiger partial charge in [-0.3, -0.25) is 0 Å². The van der Waals surface area contributed by atoms with Gasteiger partial charge in [0.05, 0.1) is 21.5 Å². The highest BCUT2D eigenvalue weighted by Gasteiger charge is 2.12. The summed E-state index contributed by atoms with van der Waals surface area (Å²) in [6, 6.07) is 3.22. The largest absolute Gasteiger partial charge is 0.395 e. The van der Waals surface area contributed by atoms with E-state index in [-0.39, 0.29) is 21.5 Å². The van der Waals surface area contributed by atoms with Crippen LogP contribution >= 0.6 is 15.9 Å². The van der Waals surface area contributed by atoms with Crippen molar-refractivity contribution in [1.29, 1.82) is 0 Å². The first-order valence-corrected chi connectivity index (χ1v) is 5.84. The molecular formula is C12H7BrF4N2. The molecular weight excluding hydrogens is 328 g/mol. The van der Waals surface area contributed by atoms with Crippen molar-refractivity contribution < 1.29 is 17.6 Å². The third kappa shape index (κ3) is 2.81. The molecule has 2 nitrogen and oxygen atoms in total. The zero-order valence-corrected chi connectivity index (χ0v) is 10.9. The standard InChI is InChI=1S/C12H7BrF4N2/c13-6-3-8(16)10(4-7(6)15)19-11-2-5(14)1-9(17)12(11)18/h1-4,19H,18H2. The first-order valence-electron chi connectivity index (χ1n) is 5.04. The zero-order valence-electron chi connectivity index (χ0n) is 9.28. The molecule has 0 aliphatic heterocycles. The van der Waals surface area contributed by atoms with E-state index in [1.54, 1.807) is 0 Å². The Kier molecular flexibility index (Phi) is 3.66. The number of benzene rings is 2. The van der Waals surface area contributed by atoms with Crippen LogP contribution in [0.4, 0.5) is 34.6 Å². The second-order valence-corrected chi connectivity index (χ2v) is 4.57. The Hall–Kier alpha value is -1.76. The van der Waals surface area contributed by atoms with Gasteiger partial charge in [0.1, 0.15) is 17.5 Å². The maximum Gasteiger partial charge on any atom is 0.151 e. The number of nitrogen functional groups attached to an aromatic ring is 1. The van der Waals surface area contributed by atoms with Gasteiger partial charge in [0.15, 0.2) is 5.82 Å². The molecule has 0 radical (unpaired) electrons. The fraction of sp³-hybridized carbons (Fsp3) is 0. The van der Waals surface area contributed by atoms with Gasteiger partial charge >= 0.3 is 0 Å². The predicted molar refractivity (Wildman–Crippen MR) is 68.1 cm³/mol. The molecule has 0 bridgehead atoms. The highest BCUT2D eigenvalue weighted by molar-refractivity contribution is 9.10. The summed E-state index contributed by atoms with van der Waals surface area (Å²) >= 11 is 2.82. The molecule has 0 fully saturated rings. The van der Waals surface area contributed by atoms with Crippen molar-refractivity contribution >= 4 is 33.0 Å². The molecule has 0 aliphatic carbocycles. The van der Waals surface area contributed by atoms with Gasteiger partial charge in [-0.1, -0.05) is 0 Å². The van der Waals surface area contributed by atoms with Gasteiger partial charge in [-0.05, 0) is 28.1 Å². The van der Waals surface area contributed by atoms with Crippen molar-refractivity contribution in [3.05, 3.63) is 52.0 Å². The van der Waals surface area contributed by atoms with Crippen LogP contribution < -0.4 is 11.1 Å². The number of halogens is 5. The second-order valence-electron chi connectivity index (χ2n) is 3.72. The lowest BCUT2D eigenvalue weighted by Crippen LogP contribution is -2.02. The molecule has 2 aromatic carbocycles. The Morgan fingerprint density at radius 3 is 2.21 bits per heavy atom. The predicted octanol–water partition coefficient (Wildman–Crippen LogP) is 4.33. The molecule has 0 atom stereocenters. The van der Waals surface area contributed by atoms with E-state index >= 15 is 0 Å². The summed E-state index contributed by atoms with van der Waals surface area (Å²) in [5, 5.41) is 2.35. The van der Waals surface area contributed by atoms with Crippen molar-refractivity contribution in [3.63, 3.8) is 0 Å². The van der Waals surface area contributed by atoms with Gasteiger partial charge in [0, 0.05) is 12.1 Å². The fourth-order valence-electron chi connectivity index (χ4n) is 1.45. The van der Waals surface area contributed by atoms with Crippen LogP contribution in [0.3, 0.4) is 0 Å². The van der Waals surface area contributed by atoms with Crippen LogP contribution in [0.15, 0.2) is 28.7 Å². The Labute approximate surface area is 114 Å². The summed E-state index contributed by atoms with van der Waals surface area (Å²) in [6.45, 7) is 0. The summed E-state index contributed by atoms with van der Waals surface area (Å²) < 4.78 is 53.0. The van der Waals surface area contributed by atoms with E-state index < -0.39 is 23.3 Å². The van der Waals surface area contributed by atoms with Gasteiger partial charge in [-0.15, -0.1) is 0 Å². The molecule has 0 heterocycles. The third-order valence-electron chi connectivity index (χ3n) is 2.37. The van der Waals surface area contributed by atoms with Crippen LogP contribution in [-0.2, 0) is 0 Å². The molecule has 0 aromatic heterocycles. The lowest BCUT2D eigenvalue weighted by atomic mass is 10.2. The van der Waals surface area contributed by atoms with E-state index in [0.29, 0.717) is 6.07 Å². The minimum atomic E-state index is -0.986. The third-order valence-corrected chi connectivity index (χ3v) is 2.98. The maximum absolute atomic E-state index is 13.6. The molecule has 19 heavy (non-hydrogen) atoms. The number of anilines is 3. The topological polar surface area (TPSA) is 38.0 Å². The number of nitrogens with two attached hydrogens (primary N) is 1. The average Bonchev–Trinajstić information content (AvgIpc) is 2.32. The second kappa shape index (κ2) is 5.08. The Balaban J connectivity index is 2.44. The van der Waals surface area contributed by atoms with Crippen LogP contribution in [0.2, 0.25) is 0 Å². The SMILES string of the molecule is Nc1c(F)cc(F)cc1Nc1cc(F)c(Br)cc1F. The van der Waals surface area contributed by atoms with E-state index in [1.807, 2.05) is 0 Å². The van der Waals surface area contributed by atoms with Crippen molar-refractivity contribution in [3.8, 4) is 0 Å². The number of rotatable bonds is 2. The molecule has 3 N–H and O–H groups in total. The van der Waals surface area contributed by atoms with Crippen molar-refractivity contribution in [2.24, 2.45) is 0 Å². The summed E-state index contributed by atoms with van der Waals surface area (Å²) in [7, 11) is 0. The van der Waals surface area contributed by atoms with Crippen LogP contribution in [0, 0.1) is 23.3 Å². The van der Waals surface area contributed by atoms with Gasteiger partial charge in [0.2, 0.25) is 0 Å². The Morgan fingerprint density at radius 2 is 1.53 bits per heavy atom. The van der Waals surface area contributed by atoms with E-state index in [1.165, 1.54) is 0 Å². The minimum absolute atomic E-state index is 0.0612. The number of hydrogen-bond donors (Lipinski definition) is 2. The Bertz CT molecular complexity index is 646. The summed E-state index contributed by atoms with van der Waals surface area (Å²) in [4.78, 5) is 0. The highest BCUT2D eigenvalue weighted by Crippen LogP contribution is 2.30. The number of hydrogen-bond acceptors (Lipinski definition) is 2. The van der Waals surface area contributed by atoms with Crippen molar-refractivity contribution in [2.45, 2.75) is 0 Å². The van der Waals surface area contributed by atoms with Crippen molar-refractivity contribution in [1.82, 2.24) is 0 Å². The van der Waals surface area contributed by atoms with Crippen LogP contribution in [0.5, 0.6) is 0 Å². The minimum Gasteiger partial charge on any atom is -0.395 e. The molecule has 0 unspecified atom stereocenters.